The average molecular weight is 295 g/mol. The van der Waals surface area contributed by atoms with Gasteiger partial charge in [-0.2, -0.15) is 0 Å². The maximum absolute atomic E-state index is 13.3. The number of hydrogen-bond acceptors (Lipinski definition) is 1. The molecule has 17 heavy (non-hydrogen) atoms. The number of aliphatic hydroxyl groups is 1. The van der Waals surface area contributed by atoms with Crippen LogP contribution in [0.1, 0.15) is 17.2 Å². The third-order valence-corrected chi connectivity index (χ3v) is 3.24. The Hall–Kier alpha value is -1.19. The van der Waals surface area contributed by atoms with Crippen LogP contribution in [-0.2, 0) is 6.42 Å². The van der Waals surface area contributed by atoms with Crippen molar-refractivity contribution in [2.45, 2.75) is 12.5 Å². The minimum Gasteiger partial charge on any atom is -0.388 e. The van der Waals surface area contributed by atoms with Crippen molar-refractivity contribution in [3.63, 3.8) is 0 Å². The van der Waals surface area contributed by atoms with E-state index in [1.807, 2.05) is 30.3 Å². The van der Waals surface area contributed by atoms with Crippen LogP contribution in [0, 0.1) is 5.82 Å². The fraction of sp³-hybridized carbons (Fsp3) is 0.143. The van der Waals surface area contributed by atoms with E-state index in [4.69, 9.17) is 0 Å². The summed E-state index contributed by atoms with van der Waals surface area (Å²) in [6.45, 7) is 0. The van der Waals surface area contributed by atoms with Gasteiger partial charge in [-0.3, -0.25) is 0 Å². The van der Waals surface area contributed by atoms with Crippen molar-refractivity contribution in [3.8, 4) is 0 Å². The second-order valence-corrected chi connectivity index (χ2v) is 4.73. The summed E-state index contributed by atoms with van der Waals surface area (Å²) in [4.78, 5) is 0. The Morgan fingerprint density at radius 2 is 1.82 bits per heavy atom. The molecule has 1 nitrogen and oxygen atoms in total. The van der Waals surface area contributed by atoms with E-state index >= 15 is 0 Å². The van der Waals surface area contributed by atoms with Crippen LogP contribution in [0.15, 0.2) is 53.0 Å². The molecular weight excluding hydrogens is 283 g/mol. The highest BCUT2D eigenvalue weighted by Gasteiger charge is 2.10. The highest BCUT2D eigenvalue weighted by molar-refractivity contribution is 9.10. The lowest BCUT2D eigenvalue weighted by molar-refractivity contribution is 0.178. The molecule has 1 atom stereocenters. The van der Waals surface area contributed by atoms with Gasteiger partial charge < -0.3 is 5.11 Å². The standard InChI is InChI=1S/C14H12BrFO/c15-12-7-6-11(9-13(12)16)14(17)8-10-4-2-1-3-5-10/h1-7,9,14,17H,8H2. The molecule has 0 heterocycles. The Morgan fingerprint density at radius 1 is 1.12 bits per heavy atom. The maximum atomic E-state index is 13.3. The summed E-state index contributed by atoms with van der Waals surface area (Å²) in [5, 5.41) is 10.0. The minimum absolute atomic E-state index is 0.352. The third kappa shape index (κ3) is 3.14. The van der Waals surface area contributed by atoms with Crippen molar-refractivity contribution < 1.29 is 9.50 Å². The van der Waals surface area contributed by atoms with E-state index in [2.05, 4.69) is 15.9 Å². The molecular formula is C14H12BrFO. The summed E-state index contributed by atoms with van der Waals surface area (Å²) in [6.07, 6.45) is -0.193. The molecule has 2 aromatic rings. The molecule has 0 aliphatic carbocycles. The van der Waals surface area contributed by atoms with Gasteiger partial charge in [-0.25, -0.2) is 4.39 Å². The molecule has 0 saturated carbocycles. The van der Waals surface area contributed by atoms with Crippen LogP contribution in [-0.4, -0.2) is 5.11 Å². The maximum Gasteiger partial charge on any atom is 0.137 e. The number of benzene rings is 2. The zero-order valence-electron chi connectivity index (χ0n) is 9.11. The van der Waals surface area contributed by atoms with Crippen LogP contribution in [0.3, 0.4) is 0 Å². The molecule has 0 bridgehead atoms. The van der Waals surface area contributed by atoms with Gasteiger partial charge in [0.1, 0.15) is 5.82 Å². The van der Waals surface area contributed by atoms with Crippen LogP contribution >= 0.6 is 15.9 Å². The second kappa shape index (κ2) is 5.43. The molecule has 0 radical (unpaired) electrons. The van der Waals surface area contributed by atoms with Gasteiger partial charge in [0.2, 0.25) is 0 Å². The fourth-order valence-electron chi connectivity index (χ4n) is 1.67. The molecule has 0 aliphatic rings. The van der Waals surface area contributed by atoms with Gasteiger partial charge in [0, 0.05) is 6.42 Å². The lowest BCUT2D eigenvalue weighted by Gasteiger charge is -2.11. The molecule has 0 saturated heterocycles. The van der Waals surface area contributed by atoms with E-state index in [9.17, 15) is 9.50 Å². The molecule has 0 aliphatic heterocycles. The molecule has 0 amide bonds. The van der Waals surface area contributed by atoms with Crippen molar-refractivity contribution >= 4 is 15.9 Å². The highest BCUT2D eigenvalue weighted by Crippen LogP contribution is 2.23. The highest BCUT2D eigenvalue weighted by atomic mass is 79.9. The first-order valence-corrected chi connectivity index (χ1v) is 6.13. The molecule has 88 valence electrons. The van der Waals surface area contributed by atoms with E-state index in [-0.39, 0.29) is 5.82 Å². The van der Waals surface area contributed by atoms with Crippen molar-refractivity contribution in [2.24, 2.45) is 0 Å². The zero-order chi connectivity index (χ0) is 12.3. The SMILES string of the molecule is OC(Cc1ccccc1)c1ccc(Br)c(F)c1. The molecule has 1 N–H and O–H groups in total. The Bertz CT molecular complexity index is 499. The second-order valence-electron chi connectivity index (χ2n) is 3.88. The molecule has 0 spiro atoms. The van der Waals surface area contributed by atoms with Crippen LogP contribution < -0.4 is 0 Å². The molecule has 2 aromatic carbocycles. The van der Waals surface area contributed by atoms with Crippen molar-refractivity contribution in [1.29, 1.82) is 0 Å². The van der Waals surface area contributed by atoms with Gasteiger partial charge in [0.25, 0.3) is 0 Å². The fourth-order valence-corrected chi connectivity index (χ4v) is 1.92. The van der Waals surface area contributed by atoms with Crippen LogP contribution in [0.5, 0.6) is 0 Å². The average Bonchev–Trinajstić information content (AvgIpc) is 2.34. The summed E-state index contributed by atoms with van der Waals surface area (Å²) in [5.41, 5.74) is 1.62. The molecule has 2 rings (SSSR count). The number of rotatable bonds is 3. The first-order valence-electron chi connectivity index (χ1n) is 5.34. The van der Waals surface area contributed by atoms with E-state index in [1.165, 1.54) is 6.07 Å². The first-order chi connectivity index (χ1) is 8.16. The molecule has 0 aromatic heterocycles. The number of hydrogen-bond donors (Lipinski definition) is 1. The summed E-state index contributed by atoms with van der Waals surface area (Å²) in [6, 6.07) is 14.3. The summed E-state index contributed by atoms with van der Waals surface area (Å²) in [7, 11) is 0. The van der Waals surface area contributed by atoms with E-state index in [1.54, 1.807) is 12.1 Å². The lowest BCUT2D eigenvalue weighted by atomic mass is 10.0. The van der Waals surface area contributed by atoms with Crippen molar-refractivity contribution in [3.05, 3.63) is 69.9 Å². The first kappa shape index (κ1) is 12.3. The Kier molecular flexibility index (Phi) is 3.92. The summed E-state index contributed by atoms with van der Waals surface area (Å²) in [5.74, 6) is -0.352. The van der Waals surface area contributed by atoms with Crippen LogP contribution in [0.4, 0.5) is 4.39 Å². The molecule has 0 fully saturated rings. The molecule has 1 unspecified atom stereocenters. The normalized spacial score (nSPS) is 12.4. The van der Waals surface area contributed by atoms with Gasteiger partial charge in [0.05, 0.1) is 10.6 Å². The summed E-state index contributed by atoms with van der Waals surface area (Å²) >= 11 is 3.09. The Morgan fingerprint density at radius 3 is 2.47 bits per heavy atom. The van der Waals surface area contributed by atoms with Crippen LogP contribution in [0.25, 0.3) is 0 Å². The quantitative estimate of drug-likeness (QED) is 0.911. The van der Waals surface area contributed by atoms with Crippen LogP contribution in [0.2, 0.25) is 0 Å². The monoisotopic (exact) mass is 294 g/mol. The largest absolute Gasteiger partial charge is 0.388 e. The minimum atomic E-state index is -0.681. The summed E-state index contributed by atoms with van der Waals surface area (Å²) < 4.78 is 13.7. The predicted octanol–water partition coefficient (Wildman–Crippen LogP) is 3.86. The zero-order valence-corrected chi connectivity index (χ0v) is 10.7. The van der Waals surface area contributed by atoms with Gasteiger partial charge in [-0.15, -0.1) is 0 Å². The topological polar surface area (TPSA) is 20.2 Å². The molecule has 3 heteroatoms. The van der Waals surface area contributed by atoms with Gasteiger partial charge in [-0.1, -0.05) is 36.4 Å². The van der Waals surface area contributed by atoms with E-state index < -0.39 is 6.10 Å². The number of aliphatic hydroxyl groups excluding tert-OH is 1. The van der Waals surface area contributed by atoms with E-state index in [0.29, 0.717) is 16.5 Å². The lowest BCUT2D eigenvalue weighted by Crippen LogP contribution is -2.02. The van der Waals surface area contributed by atoms with E-state index in [0.717, 1.165) is 5.56 Å². The van der Waals surface area contributed by atoms with Crippen molar-refractivity contribution in [2.75, 3.05) is 0 Å². The van der Waals surface area contributed by atoms with Gasteiger partial charge in [-0.05, 0) is 39.2 Å². The Balaban J connectivity index is 2.14. The third-order valence-electron chi connectivity index (χ3n) is 2.60. The Labute approximate surface area is 108 Å². The smallest absolute Gasteiger partial charge is 0.137 e. The van der Waals surface area contributed by atoms with Gasteiger partial charge >= 0.3 is 0 Å². The predicted molar refractivity (Wildman–Crippen MR) is 69.2 cm³/mol. The number of halogens is 2. The van der Waals surface area contributed by atoms with Crippen molar-refractivity contribution in [1.82, 2.24) is 0 Å². The van der Waals surface area contributed by atoms with Gasteiger partial charge in [0.15, 0.2) is 0 Å².